The van der Waals surface area contributed by atoms with Gasteiger partial charge in [0.05, 0.1) is 27.6 Å². The normalized spacial score (nSPS) is 28.1. The van der Waals surface area contributed by atoms with Crippen LogP contribution < -0.4 is 11.1 Å². The van der Waals surface area contributed by atoms with Crippen LogP contribution in [0.4, 0.5) is 11.4 Å². The lowest BCUT2D eigenvalue weighted by atomic mass is 9.79. The molecule has 1 heterocycles. The Morgan fingerprint density at radius 3 is 2.78 bits per heavy atom. The molecule has 2 rings (SSSR count). The predicted molar refractivity (Wildman–Crippen MR) is 77.4 cm³/mol. The molecule has 0 aliphatic heterocycles. The van der Waals surface area contributed by atoms with Crippen molar-refractivity contribution in [3.63, 3.8) is 0 Å². The third kappa shape index (κ3) is 3.14. The maximum Gasteiger partial charge on any atom is 0.0819 e. The first-order valence-electron chi connectivity index (χ1n) is 6.35. The number of rotatable bonds is 3. The minimum Gasteiger partial charge on any atom is -0.396 e. The topological polar surface area (TPSA) is 71.2 Å². The summed E-state index contributed by atoms with van der Waals surface area (Å²) in [6, 6.07) is 0. The van der Waals surface area contributed by atoms with Crippen LogP contribution in [0.1, 0.15) is 32.6 Å². The smallest absolute Gasteiger partial charge is 0.0819 e. The fraction of sp³-hybridized carbons (Fsp3) is 0.615. The van der Waals surface area contributed by atoms with Gasteiger partial charge >= 0.3 is 0 Å². The summed E-state index contributed by atoms with van der Waals surface area (Å²) >= 11 is 3.41. The zero-order valence-corrected chi connectivity index (χ0v) is 12.2. The highest BCUT2D eigenvalue weighted by molar-refractivity contribution is 9.10. The molecule has 1 saturated carbocycles. The Balaban J connectivity index is 1.99. The van der Waals surface area contributed by atoms with Crippen molar-refractivity contribution in [1.29, 1.82) is 0 Å². The summed E-state index contributed by atoms with van der Waals surface area (Å²) in [6.45, 7) is 2.77. The minimum absolute atomic E-state index is 0.534. The lowest BCUT2D eigenvalue weighted by molar-refractivity contribution is 0.00501. The highest BCUT2D eigenvalue weighted by Gasteiger charge is 2.31. The molecule has 1 aliphatic carbocycles. The molecule has 18 heavy (non-hydrogen) atoms. The highest BCUT2D eigenvalue weighted by Crippen LogP contribution is 2.33. The molecular weight excluding hydrogens is 294 g/mol. The first-order chi connectivity index (χ1) is 8.50. The number of pyridine rings is 1. The largest absolute Gasteiger partial charge is 0.396 e. The molecule has 0 amide bonds. The van der Waals surface area contributed by atoms with E-state index in [-0.39, 0.29) is 0 Å². The third-order valence-electron chi connectivity index (χ3n) is 3.73. The first kappa shape index (κ1) is 13.6. The van der Waals surface area contributed by atoms with E-state index in [4.69, 9.17) is 5.73 Å². The van der Waals surface area contributed by atoms with E-state index in [1.165, 1.54) is 0 Å². The van der Waals surface area contributed by atoms with Gasteiger partial charge in [-0.25, -0.2) is 0 Å². The van der Waals surface area contributed by atoms with Crippen molar-refractivity contribution in [3.05, 3.63) is 16.9 Å². The molecule has 0 radical (unpaired) electrons. The summed E-state index contributed by atoms with van der Waals surface area (Å²) in [4.78, 5) is 3.99. The number of hydrogen-bond donors (Lipinski definition) is 3. The molecule has 0 unspecified atom stereocenters. The third-order valence-corrected chi connectivity index (χ3v) is 4.33. The van der Waals surface area contributed by atoms with Crippen LogP contribution in [0.3, 0.4) is 0 Å². The van der Waals surface area contributed by atoms with Crippen LogP contribution in [0.25, 0.3) is 0 Å². The van der Waals surface area contributed by atoms with Crippen molar-refractivity contribution in [2.75, 3.05) is 17.6 Å². The Labute approximate surface area is 116 Å². The number of nitrogens with zero attached hydrogens (tertiary/aromatic N) is 1. The average Bonchev–Trinajstić information content (AvgIpc) is 2.33. The monoisotopic (exact) mass is 313 g/mol. The van der Waals surface area contributed by atoms with Crippen LogP contribution in [0.5, 0.6) is 0 Å². The van der Waals surface area contributed by atoms with Gasteiger partial charge in [0.15, 0.2) is 0 Å². The van der Waals surface area contributed by atoms with Crippen molar-refractivity contribution in [1.82, 2.24) is 4.98 Å². The predicted octanol–water partition coefficient (Wildman–Crippen LogP) is 2.78. The Morgan fingerprint density at radius 1 is 1.50 bits per heavy atom. The minimum atomic E-state index is -0.609. The van der Waals surface area contributed by atoms with Crippen molar-refractivity contribution in [3.8, 4) is 0 Å². The molecule has 1 aliphatic rings. The van der Waals surface area contributed by atoms with Gasteiger partial charge in [0.2, 0.25) is 0 Å². The molecule has 0 atom stereocenters. The van der Waals surface area contributed by atoms with E-state index in [9.17, 15) is 5.11 Å². The summed E-state index contributed by atoms with van der Waals surface area (Å²) in [5.41, 5.74) is 6.67. The lowest BCUT2D eigenvalue weighted by Crippen LogP contribution is -2.40. The quantitative estimate of drug-likeness (QED) is 0.802. The molecule has 1 aromatic rings. The number of nitrogen functional groups attached to an aromatic ring is 1. The zero-order chi connectivity index (χ0) is 13.2. The number of aliphatic hydroxyl groups is 1. The highest BCUT2D eigenvalue weighted by atomic mass is 79.9. The first-order valence-corrected chi connectivity index (χ1v) is 7.15. The van der Waals surface area contributed by atoms with Crippen LogP contribution in [0.2, 0.25) is 0 Å². The van der Waals surface area contributed by atoms with Crippen LogP contribution in [-0.2, 0) is 0 Å². The van der Waals surface area contributed by atoms with E-state index < -0.39 is 5.60 Å². The molecule has 0 aromatic carbocycles. The second kappa shape index (κ2) is 5.45. The molecule has 0 bridgehead atoms. The zero-order valence-electron chi connectivity index (χ0n) is 10.6. The van der Waals surface area contributed by atoms with E-state index in [0.29, 0.717) is 12.2 Å². The Kier molecular flexibility index (Phi) is 4.12. The van der Waals surface area contributed by atoms with Gasteiger partial charge in [-0.3, -0.25) is 4.98 Å². The molecule has 0 spiro atoms. The van der Waals surface area contributed by atoms with Gasteiger partial charge < -0.3 is 16.2 Å². The SMILES string of the molecule is CC1CCC(O)(CNc2c(N)cncc2Br)CC1. The van der Waals surface area contributed by atoms with Crippen LogP contribution in [0, 0.1) is 5.92 Å². The van der Waals surface area contributed by atoms with Gasteiger partial charge in [0, 0.05) is 12.7 Å². The van der Waals surface area contributed by atoms with Gasteiger partial charge in [-0.1, -0.05) is 6.92 Å². The van der Waals surface area contributed by atoms with Crippen molar-refractivity contribution in [2.24, 2.45) is 5.92 Å². The Morgan fingerprint density at radius 2 is 2.17 bits per heavy atom. The summed E-state index contributed by atoms with van der Waals surface area (Å²) in [5, 5.41) is 13.7. The molecule has 1 fully saturated rings. The van der Waals surface area contributed by atoms with Crippen molar-refractivity contribution >= 4 is 27.3 Å². The molecule has 4 nitrogen and oxygen atoms in total. The number of hydrogen-bond acceptors (Lipinski definition) is 4. The summed E-state index contributed by atoms with van der Waals surface area (Å²) < 4.78 is 0.829. The van der Waals surface area contributed by atoms with Gasteiger partial charge in [-0.2, -0.15) is 0 Å². The van der Waals surface area contributed by atoms with Gasteiger partial charge in [-0.05, 0) is 47.5 Å². The standard InChI is InChI=1S/C13H20BrN3O/c1-9-2-4-13(18,5-3-9)8-17-12-10(14)6-16-7-11(12)15/h6-7,9,18H,2-5,8,15H2,1H3,(H,16,17). The molecule has 4 N–H and O–H groups in total. The van der Waals surface area contributed by atoms with E-state index >= 15 is 0 Å². The van der Waals surface area contributed by atoms with E-state index in [1.807, 2.05) is 0 Å². The van der Waals surface area contributed by atoms with E-state index in [1.54, 1.807) is 12.4 Å². The fourth-order valence-electron chi connectivity index (χ4n) is 2.37. The maximum absolute atomic E-state index is 10.5. The fourth-order valence-corrected chi connectivity index (χ4v) is 2.85. The van der Waals surface area contributed by atoms with E-state index in [2.05, 4.69) is 33.2 Å². The molecule has 1 aromatic heterocycles. The Bertz CT molecular complexity index is 396. The molecular formula is C13H20BrN3O. The number of nitrogens with two attached hydrogens (primary N) is 1. The van der Waals surface area contributed by atoms with Crippen LogP contribution in [-0.4, -0.2) is 22.2 Å². The van der Waals surface area contributed by atoms with E-state index in [0.717, 1.165) is 41.8 Å². The molecule has 0 saturated heterocycles. The van der Waals surface area contributed by atoms with Gasteiger partial charge in [0.25, 0.3) is 0 Å². The number of halogens is 1. The number of nitrogens with one attached hydrogen (secondary N) is 1. The second-order valence-corrected chi connectivity index (χ2v) is 6.20. The molecule has 5 heteroatoms. The van der Waals surface area contributed by atoms with Crippen LogP contribution >= 0.6 is 15.9 Å². The Hall–Kier alpha value is -0.810. The second-order valence-electron chi connectivity index (χ2n) is 5.35. The number of anilines is 2. The maximum atomic E-state index is 10.5. The van der Waals surface area contributed by atoms with Gasteiger partial charge in [0.1, 0.15) is 0 Å². The van der Waals surface area contributed by atoms with Crippen molar-refractivity contribution < 1.29 is 5.11 Å². The molecule has 100 valence electrons. The average molecular weight is 314 g/mol. The number of aromatic nitrogens is 1. The summed E-state index contributed by atoms with van der Waals surface area (Å²) in [7, 11) is 0. The van der Waals surface area contributed by atoms with Crippen LogP contribution in [0.15, 0.2) is 16.9 Å². The summed E-state index contributed by atoms with van der Waals surface area (Å²) in [6.07, 6.45) is 7.19. The summed E-state index contributed by atoms with van der Waals surface area (Å²) in [5.74, 6) is 0.725. The van der Waals surface area contributed by atoms with Crippen molar-refractivity contribution in [2.45, 2.75) is 38.2 Å². The lowest BCUT2D eigenvalue weighted by Gasteiger charge is -2.35. The van der Waals surface area contributed by atoms with Gasteiger partial charge in [-0.15, -0.1) is 0 Å².